The van der Waals surface area contributed by atoms with E-state index in [4.69, 9.17) is 21.6 Å². The van der Waals surface area contributed by atoms with Crippen LogP contribution in [-0.2, 0) is 4.79 Å². The van der Waals surface area contributed by atoms with Gasteiger partial charge in [-0.25, -0.2) is 9.97 Å². The van der Waals surface area contributed by atoms with Crippen molar-refractivity contribution in [2.75, 3.05) is 18.4 Å². The predicted octanol–water partition coefficient (Wildman–Crippen LogP) is 5.51. The number of halogens is 1. The standard InChI is InChI=1S/C29H25ClN6O3/c1-18(14-31)29(38)36-12-6-5-7-19(16-36)35-28-25-23(15-32-27(25)33-17-34-28)26(37)22-11-10-21(13-24(22)30)39-20-8-3-2-4-9-20/h2-4,8-11,13,15,17,19H,1,5-7,12,16H2,(H2,32,33,34,35). The number of likely N-dealkylation sites (tertiary alicyclic amines) is 1. The number of para-hydroxylation sites is 1. The minimum Gasteiger partial charge on any atom is -0.457 e. The van der Waals surface area contributed by atoms with Crippen molar-refractivity contribution in [1.82, 2.24) is 19.9 Å². The first-order valence-corrected chi connectivity index (χ1v) is 12.9. The minimum absolute atomic E-state index is 0.0874. The number of amides is 1. The molecule has 1 amide bonds. The van der Waals surface area contributed by atoms with Crippen molar-refractivity contribution in [3.63, 3.8) is 0 Å². The quantitative estimate of drug-likeness (QED) is 0.180. The fourth-order valence-electron chi connectivity index (χ4n) is 4.64. The molecule has 1 fully saturated rings. The van der Waals surface area contributed by atoms with Crippen LogP contribution in [0, 0.1) is 11.3 Å². The number of benzene rings is 2. The molecule has 1 aliphatic rings. The number of ether oxygens (including phenoxy) is 1. The summed E-state index contributed by atoms with van der Waals surface area (Å²) in [5.41, 5.74) is 1.09. The molecule has 4 aromatic rings. The molecule has 0 spiro atoms. The predicted molar refractivity (Wildman–Crippen MR) is 148 cm³/mol. The van der Waals surface area contributed by atoms with Crippen molar-refractivity contribution >= 4 is 40.1 Å². The number of carbonyl (C=O) groups excluding carboxylic acids is 2. The molecule has 1 aliphatic heterocycles. The van der Waals surface area contributed by atoms with Gasteiger partial charge in [-0.15, -0.1) is 0 Å². The number of nitriles is 1. The average molecular weight is 541 g/mol. The first-order valence-electron chi connectivity index (χ1n) is 12.5. The van der Waals surface area contributed by atoms with Gasteiger partial charge < -0.3 is 19.9 Å². The van der Waals surface area contributed by atoms with Crippen LogP contribution in [0.15, 0.2) is 73.2 Å². The van der Waals surface area contributed by atoms with E-state index >= 15 is 0 Å². The molecule has 0 radical (unpaired) electrons. The van der Waals surface area contributed by atoms with Gasteiger partial charge in [0.2, 0.25) is 0 Å². The monoisotopic (exact) mass is 540 g/mol. The Balaban J connectivity index is 1.40. The van der Waals surface area contributed by atoms with Gasteiger partial charge in [-0.2, -0.15) is 5.26 Å². The fraction of sp³-hybridized carbons (Fsp3) is 0.207. The number of anilines is 1. The zero-order chi connectivity index (χ0) is 27.4. The van der Waals surface area contributed by atoms with Crippen LogP contribution >= 0.6 is 11.6 Å². The van der Waals surface area contributed by atoms with Crippen molar-refractivity contribution in [3.05, 3.63) is 89.4 Å². The van der Waals surface area contributed by atoms with Crippen LogP contribution in [0.5, 0.6) is 11.5 Å². The van der Waals surface area contributed by atoms with Crippen LogP contribution in [0.3, 0.4) is 0 Å². The highest BCUT2D eigenvalue weighted by Crippen LogP contribution is 2.32. The molecule has 2 aromatic heterocycles. The van der Waals surface area contributed by atoms with Crippen LogP contribution in [0.25, 0.3) is 11.0 Å². The maximum atomic E-state index is 13.6. The molecule has 1 atom stereocenters. The molecule has 1 unspecified atom stereocenters. The lowest BCUT2D eigenvalue weighted by Crippen LogP contribution is -2.39. The first kappa shape index (κ1) is 25.9. The molecule has 0 bridgehead atoms. The second kappa shape index (κ2) is 11.4. The number of ketones is 1. The van der Waals surface area contributed by atoms with Crippen LogP contribution < -0.4 is 10.1 Å². The topological polar surface area (TPSA) is 124 Å². The molecule has 1 saturated heterocycles. The van der Waals surface area contributed by atoms with E-state index in [1.807, 2.05) is 36.4 Å². The largest absolute Gasteiger partial charge is 0.457 e. The maximum Gasteiger partial charge on any atom is 0.263 e. The molecule has 2 N–H and O–H groups in total. The Hall–Kier alpha value is -4.68. The second-order valence-electron chi connectivity index (χ2n) is 9.21. The summed E-state index contributed by atoms with van der Waals surface area (Å²) >= 11 is 6.53. The van der Waals surface area contributed by atoms with Crippen LogP contribution in [0.1, 0.15) is 35.2 Å². The Kier molecular flexibility index (Phi) is 7.57. The number of fused-ring (bicyclic) bond motifs is 1. The van der Waals surface area contributed by atoms with Crippen molar-refractivity contribution in [1.29, 1.82) is 5.26 Å². The van der Waals surface area contributed by atoms with Gasteiger partial charge in [0.05, 0.1) is 16.0 Å². The van der Waals surface area contributed by atoms with Gasteiger partial charge in [-0.3, -0.25) is 9.59 Å². The maximum absolute atomic E-state index is 13.6. The van der Waals surface area contributed by atoms with E-state index in [2.05, 4.69) is 26.8 Å². The molecular weight excluding hydrogens is 516 g/mol. The molecule has 0 saturated carbocycles. The van der Waals surface area contributed by atoms with Crippen molar-refractivity contribution in [3.8, 4) is 17.6 Å². The van der Waals surface area contributed by atoms with Crippen LogP contribution in [-0.4, -0.2) is 50.7 Å². The van der Waals surface area contributed by atoms with Gasteiger partial charge in [0.25, 0.3) is 5.91 Å². The number of nitrogens with one attached hydrogen (secondary N) is 2. The van der Waals surface area contributed by atoms with Crippen LogP contribution in [0.4, 0.5) is 5.82 Å². The number of hydrogen-bond acceptors (Lipinski definition) is 7. The number of nitrogens with zero attached hydrogens (tertiary/aromatic N) is 4. The Labute approximate surface area is 230 Å². The Bertz CT molecular complexity index is 1590. The lowest BCUT2D eigenvalue weighted by Gasteiger charge is -2.25. The van der Waals surface area contributed by atoms with E-state index in [-0.39, 0.29) is 28.3 Å². The third-order valence-corrected chi connectivity index (χ3v) is 6.88. The molecule has 9 nitrogen and oxygen atoms in total. The van der Waals surface area contributed by atoms with E-state index in [1.54, 1.807) is 29.3 Å². The van der Waals surface area contributed by atoms with Gasteiger partial charge in [0.1, 0.15) is 40.9 Å². The minimum atomic E-state index is -0.370. The molecule has 3 heterocycles. The summed E-state index contributed by atoms with van der Waals surface area (Å²) in [6, 6.07) is 15.9. The van der Waals surface area contributed by atoms with E-state index in [0.29, 0.717) is 52.6 Å². The first-order chi connectivity index (χ1) is 18.9. The highest BCUT2D eigenvalue weighted by atomic mass is 35.5. The number of carbonyl (C=O) groups is 2. The molecule has 0 aliphatic carbocycles. The van der Waals surface area contributed by atoms with Gasteiger partial charge in [-0.1, -0.05) is 36.4 Å². The van der Waals surface area contributed by atoms with E-state index < -0.39 is 0 Å². The Morgan fingerprint density at radius 3 is 2.72 bits per heavy atom. The molecule has 10 heteroatoms. The summed E-state index contributed by atoms with van der Waals surface area (Å²) in [5.74, 6) is 0.985. The van der Waals surface area contributed by atoms with Gasteiger partial charge >= 0.3 is 0 Å². The molecule has 196 valence electrons. The summed E-state index contributed by atoms with van der Waals surface area (Å²) in [7, 11) is 0. The summed E-state index contributed by atoms with van der Waals surface area (Å²) in [6.45, 7) is 4.49. The van der Waals surface area contributed by atoms with Crippen molar-refractivity contribution in [2.24, 2.45) is 0 Å². The molecule has 5 rings (SSSR count). The number of H-pyrrole nitrogens is 1. The van der Waals surface area contributed by atoms with E-state index in [9.17, 15) is 9.59 Å². The lowest BCUT2D eigenvalue weighted by atomic mass is 10.0. The summed E-state index contributed by atoms with van der Waals surface area (Å²) in [6.07, 6.45) is 5.50. The van der Waals surface area contributed by atoms with E-state index in [1.165, 1.54) is 6.33 Å². The Morgan fingerprint density at radius 2 is 1.95 bits per heavy atom. The normalized spacial score (nSPS) is 15.3. The zero-order valence-corrected chi connectivity index (χ0v) is 21.7. The number of aromatic nitrogens is 3. The second-order valence-corrected chi connectivity index (χ2v) is 9.62. The van der Waals surface area contributed by atoms with Gasteiger partial charge in [0.15, 0.2) is 5.78 Å². The van der Waals surface area contributed by atoms with Crippen LogP contribution in [0.2, 0.25) is 5.02 Å². The molecule has 2 aromatic carbocycles. The van der Waals surface area contributed by atoms with Gasteiger partial charge in [-0.05, 0) is 43.5 Å². The number of rotatable bonds is 7. The zero-order valence-electron chi connectivity index (χ0n) is 21.0. The summed E-state index contributed by atoms with van der Waals surface area (Å²) in [4.78, 5) is 39.6. The van der Waals surface area contributed by atoms with Crippen molar-refractivity contribution < 1.29 is 14.3 Å². The lowest BCUT2D eigenvalue weighted by molar-refractivity contribution is -0.126. The smallest absolute Gasteiger partial charge is 0.263 e. The summed E-state index contributed by atoms with van der Waals surface area (Å²) in [5, 5.41) is 13.3. The number of hydrogen-bond donors (Lipinski definition) is 2. The molecule has 39 heavy (non-hydrogen) atoms. The molecular formula is C29H25ClN6O3. The van der Waals surface area contributed by atoms with Crippen molar-refractivity contribution in [2.45, 2.75) is 25.3 Å². The number of aromatic amines is 1. The SMILES string of the molecule is C=C(C#N)C(=O)N1CCCCC(Nc2ncnc3[nH]cc(C(=O)c4ccc(Oc5ccccc5)cc4Cl)c23)C1. The third kappa shape index (κ3) is 5.61. The van der Waals surface area contributed by atoms with Gasteiger partial charge in [0, 0.05) is 37.0 Å². The average Bonchev–Trinajstić information content (AvgIpc) is 3.26. The fourth-order valence-corrected chi connectivity index (χ4v) is 4.90. The highest BCUT2D eigenvalue weighted by molar-refractivity contribution is 6.35. The highest BCUT2D eigenvalue weighted by Gasteiger charge is 2.26. The summed E-state index contributed by atoms with van der Waals surface area (Å²) < 4.78 is 5.83. The van der Waals surface area contributed by atoms with E-state index in [0.717, 1.165) is 19.3 Å². The Morgan fingerprint density at radius 1 is 1.13 bits per heavy atom. The third-order valence-electron chi connectivity index (χ3n) is 6.57.